The lowest BCUT2D eigenvalue weighted by atomic mass is 10.1. The maximum atomic E-state index is 13.3. The second-order valence-corrected chi connectivity index (χ2v) is 7.87. The molecule has 1 aliphatic heterocycles. The van der Waals surface area contributed by atoms with Gasteiger partial charge in [0.1, 0.15) is 5.78 Å². The van der Waals surface area contributed by atoms with Crippen molar-refractivity contribution in [2.75, 3.05) is 13.2 Å². The molecule has 1 aromatic rings. The molecule has 1 aromatic carbocycles. The van der Waals surface area contributed by atoms with E-state index in [1.165, 1.54) is 6.92 Å². The number of carbonyl (C=O) groups is 1. The van der Waals surface area contributed by atoms with Crippen LogP contribution in [0.15, 0.2) is 30.3 Å². The van der Waals surface area contributed by atoms with Crippen molar-refractivity contribution in [3.8, 4) is 0 Å². The molecular weight excluding hydrogens is 345 g/mol. The van der Waals surface area contributed by atoms with Crippen LogP contribution in [0.2, 0.25) is 0 Å². The smallest absolute Gasteiger partial charge is 0.350 e. The highest BCUT2D eigenvalue weighted by atomic mass is 31.2. The van der Waals surface area contributed by atoms with Gasteiger partial charge in [-0.25, -0.2) is 0 Å². The first-order valence-electron chi connectivity index (χ1n) is 8.47. The number of hydroxylamine groups is 2. The molecule has 0 radical (unpaired) electrons. The molecule has 0 amide bonds. The Hall–Kier alpha value is -1.24. The van der Waals surface area contributed by atoms with Gasteiger partial charge >= 0.3 is 13.6 Å². The number of hydrogen-bond donors (Lipinski definition) is 0. The summed E-state index contributed by atoms with van der Waals surface area (Å²) < 4.78 is 29.4. The van der Waals surface area contributed by atoms with Crippen LogP contribution in [0.25, 0.3) is 0 Å². The van der Waals surface area contributed by atoms with Crippen molar-refractivity contribution in [1.29, 1.82) is 0 Å². The highest BCUT2D eigenvalue weighted by Gasteiger charge is 2.50. The first-order chi connectivity index (χ1) is 11.9. The fourth-order valence-electron chi connectivity index (χ4n) is 2.85. The molecule has 0 unspecified atom stereocenters. The van der Waals surface area contributed by atoms with Gasteiger partial charge in [0.25, 0.3) is 0 Å². The van der Waals surface area contributed by atoms with E-state index >= 15 is 0 Å². The molecule has 7 nitrogen and oxygen atoms in total. The Kier molecular flexibility index (Phi) is 7.16. The standard InChI is InChI=1S/C17H26NO6P/c1-5-21-25(20,22-6-2)16-12-17(23-14(4)19)24-18(16)13(3)15-10-8-7-9-11-15/h7-11,13,16-17H,5-6,12H2,1-4H3/t13-,16-,17-/m0/s1. The topological polar surface area (TPSA) is 74.3 Å². The highest BCUT2D eigenvalue weighted by Crippen LogP contribution is 2.59. The lowest BCUT2D eigenvalue weighted by Gasteiger charge is -2.32. The summed E-state index contributed by atoms with van der Waals surface area (Å²) in [6.07, 6.45) is -0.600. The summed E-state index contributed by atoms with van der Waals surface area (Å²) in [5.74, 6) is -1.12. The van der Waals surface area contributed by atoms with E-state index < -0.39 is 25.6 Å². The zero-order valence-corrected chi connectivity index (χ0v) is 16.0. The van der Waals surface area contributed by atoms with E-state index in [0.29, 0.717) is 0 Å². The molecule has 3 atom stereocenters. The SMILES string of the molecule is CCOP(=O)(OCC)[C@H]1C[C@@H](OC(C)=O)ON1[C@@H](C)c1ccccc1. The summed E-state index contributed by atoms with van der Waals surface area (Å²) in [4.78, 5) is 17.1. The number of rotatable bonds is 8. The van der Waals surface area contributed by atoms with Gasteiger partial charge in [0.15, 0.2) is 0 Å². The number of nitrogens with zero attached hydrogens (tertiary/aromatic N) is 1. The third-order valence-electron chi connectivity index (χ3n) is 3.88. The molecule has 1 aliphatic rings. The molecular formula is C17H26NO6P. The molecule has 1 heterocycles. The molecule has 0 spiro atoms. The van der Waals surface area contributed by atoms with E-state index in [2.05, 4.69) is 0 Å². The maximum absolute atomic E-state index is 13.3. The number of ether oxygens (including phenoxy) is 1. The van der Waals surface area contributed by atoms with Gasteiger partial charge in [-0.3, -0.25) is 14.2 Å². The first kappa shape index (κ1) is 20.1. The quantitative estimate of drug-likeness (QED) is 0.507. The highest BCUT2D eigenvalue weighted by molar-refractivity contribution is 7.54. The van der Waals surface area contributed by atoms with Gasteiger partial charge in [-0.2, -0.15) is 5.06 Å². The van der Waals surface area contributed by atoms with Gasteiger partial charge in [0, 0.05) is 13.3 Å². The van der Waals surface area contributed by atoms with Gasteiger partial charge in [-0.05, 0) is 26.3 Å². The minimum atomic E-state index is -3.47. The Morgan fingerprint density at radius 3 is 2.40 bits per heavy atom. The largest absolute Gasteiger partial charge is 0.434 e. The Balaban J connectivity index is 2.31. The van der Waals surface area contributed by atoms with Crippen LogP contribution in [0.1, 0.15) is 45.7 Å². The maximum Gasteiger partial charge on any atom is 0.350 e. The van der Waals surface area contributed by atoms with E-state index in [4.69, 9.17) is 18.6 Å². The van der Waals surface area contributed by atoms with Crippen LogP contribution < -0.4 is 0 Å². The van der Waals surface area contributed by atoms with Crippen molar-refractivity contribution in [2.45, 2.75) is 52.2 Å². The molecule has 8 heteroatoms. The summed E-state index contributed by atoms with van der Waals surface area (Å²) in [6, 6.07) is 9.45. The Morgan fingerprint density at radius 1 is 1.28 bits per heavy atom. The van der Waals surface area contributed by atoms with E-state index in [0.717, 1.165) is 5.56 Å². The second-order valence-electron chi connectivity index (χ2n) is 5.68. The van der Waals surface area contributed by atoms with Crippen molar-refractivity contribution in [3.05, 3.63) is 35.9 Å². The van der Waals surface area contributed by atoms with E-state index in [-0.39, 0.29) is 25.7 Å². The zero-order valence-electron chi connectivity index (χ0n) is 15.1. The Morgan fingerprint density at radius 2 is 1.88 bits per heavy atom. The van der Waals surface area contributed by atoms with Crippen molar-refractivity contribution in [2.24, 2.45) is 0 Å². The van der Waals surface area contributed by atoms with Crippen molar-refractivity contribution in [1.82, 2.24) is 5.06 Å². The molecule has 25 heavy (non-hydrogen) atoms. The van der Waals surface area contributed by atoms with Crippen molar-refractivity contribution >= 4 is 13.6 Å². The van der Waals surface area contributed by atoms with Crippen LogP contribution in [0.3, 0.4) is 0 Å². The van der Waals surface area contributed by atoms with E-state index in [9.17, 15) is 9.36 Å². The zero-order chi connectivity index (χ0) is 18.4. The Labute approximate surface area is 148 Å². The summed E-state index contributed by atoms with van der Waals surface area (Å²) in [5.41, 5.74) is 0.982. The molecule has 0 aliphatic carbocycles. The van der Waals surface area contributed by atoms with Crippen LogP contribution in [-0.2, 0) is 28.0 Å². The molecule has 1 fully saturated rings. The second kappa shape index (κ2) is 8.92. The minimum absolute atomic E-state index is 0.216. The van der Waals surface area contributed by atoms with Crippen LogP contribution in [0.4, 0.5) is 0 Å². The third kappa shape index (κ3) is 4.90. The fourth-order valence-corrected chi connectivity index (χ4v) is 4.95. The van der Waals surface area contributed by atoms with Crippen LogP contribution in [0.5, 0.6) is 0 Å². The summed E-state index contributed by atoms with van der Waals surface area (Å²) >= 11 is 0. The minimum Gasteiger partial charge on any atom is -0.434 e. The first-order valence-corrected chi connectivity index (χ1v) is 10.1. The Bertz CT molecular complexity index is 600. The van der Waals surface area contributed by atoms with Crippen molar-refractivity contribution in [3.63, 3.8) is 0 Å². The fraction of sp³-hybridized carbons (Fsp3) is 0.588. The normalized spacial score (nSPS) is 22.7. The van der Waals surface area contributed by atoms with Crippen molar-refractivity contribution < 1.29 is 28.0 Å². The average Bonchev–Trinajstić information content (AvgIpc) is 2.99. The molecule has 140 valence electrons. The summed E-state index contributed by atoms with van der Waals surface area (Å²) in [6.45, 7) is 7.26. The average molecular weight is 371 g/mol. The van der Waals surface area contributed by atoms with Crippen LogP contribution in [-0.4, -0.2) is 36.3 Å². The molecule has 0 N–H and O–H groups in total. The number of hydrogen-bond acceptors (Lipinski definition) is 7. The van der Waals surface area contributed by atoms with Crippen LogP contribution in [0, 0.1) is 0 Å². The summed E-state index contributed by atoms with van der Waals surface area (Å²) in [5, 5.41) is 1.58. The summed E-state index contributed by atoms with van der Waals surface area (Å²) in [7, 11) is -3.47. The van der Waals surface area contributed by atoms with Gasteiger partial charge < -0.3 is 13.8 Å². The molecule has 0 bridgehead atoms. The van der Waals surface area contributed by atoms with Crippen LogP contribution >= 0.6 is 7.60 Å². The number of benzene rings is 1. The van der Waals surface area contributed by atoms with Gasteiger partial charge in [-0.1, -0.05) is 30.3 Å². The van der Waals surface area contributed by atoms with Gasteiger partial charge in [-0.15, -0.1) is 0 Å². The predicted octanol–water partition coefficient (Wildman–Crippen LogP) is 3.87. The third-order valence-corrected chi connectivity index (χ3v) is 6.29. The lowest BCUT2D eigenvalue weighted by Crippen LogP contribution is -2.32. The number of esters is 1. The van der Waals surface area contributed by atoms with Gasteiger partial charge in [0.2, 0.25) is 6.29 Å². The molecule has 0 aromatic heterocycles. The monoisotopic (exact) mass is 371 g/mol. The molecule has 0 saturated carbocycles. The van der Waals surface area contributed by atoms with Gasteiger partial charge in [0.05, 0.1) is 19.3 Å². The molecule has 1 saturated heterocycles. The lowest BCUT2D eigenvalue weighted by molar-refractivity contribution is -0.245. The van der Waals surface area contributed by atoms with E-state index in [1.807, 2.05) is 37.3 Å². The predicted molar refractivity (Wildman–Crippen MR) is 92.6 cm³/mol. The molecule has 2 rings (SSSR count). The van der Waals surface area contributed by atoms with E-state index in [1.54, 1.807) is 18.9 Å². The number of carbonyl (C=O) groups excluding carboxylic acids is 1.